The Labute approximate surface area is 112 Å². The Morgan fingerprint density at radius 2 is 2.05 bits per heavy atom. The van der Waals surface area contributed by atoms with Crippen molar-refractivity contribution in [2.45, 2.75) is 26.3 Å². The molecule has 19 heavy (non-hydrogen) atoms. The van der Waals surface area contributed by atoms with Gasteiger partial charge in [-0.3, -0.25) is 4.79 Å². The molecule has 0 aliphatic heterocycles. The Morgan fingerprint density at radius 1 is 1.37 bits per heavy atom. The number of carbonyl (C=O) groups is 2. The Morgan fingerprint density at radius 3 is 2.63 bits per heavy atom. The molecule has 0 aliphatic carbocycles. The number of hydrogen-bond acceptors (Lipinski definition) is 3. The smallest absolute Gasteiger partial charge is 0.326 e. The van der Waals surface area contributed by atoms with Crippen molar-refractivity contribution in [2.75, 3.05) is 13.2 Å². The van der Waals surface area contributed by atoms with E-state index in [1.165, 1.54) is 0 Å². The second kappa shape index (κ2) is 7.53. The number of rotatable bonds is 7. The van der Waals surface area contributed by atoms with Gasteiger partial charge < -0.3 is 15.2 Å². The van der Waals surface area contributed by atoms with Gasteiger partial charge in [0.05, 0.1) is 0 Å². The standard InChI is InChI=1S/C14H19NO4/c1-3-19-9-13(16)15-12(14(17)18)8-11-7-5-4-6-10(11)2/h4-7,12H,3,8-9H2,1-2H3,(H,15,16)(H,17,18)/t12-/m0/s1. The van der Waals surface area contributed by atoms with Crippen LogP contribution in [0, 0.1) is 6.92 Å². The number of aryl methyl sites for hydroxylation is 1. The van der Waals surface area contributed by atoms with E-state index < -0.39 is 17.9 Å². The lowest BCUT2D eigenvalue weighted by atomic mass is 10.0. The molecule has 0 unspecified atom stereocenters. The van der Waals surface area contributed by atoms with Crippen LogP contribution in [0.25, 0.3) is 0 Å². The van der Waals surface area contributed by atoms with E-state index in [-0.39, 0.29) is 13.0 Å². The Hall–Kier alpha value is -1.88. The van der Waals surface area contributed by atoms with Gasteiger partial charge in [0.2, 0.25) is 5.91 Å². The quantitative estimate of drug-likeness (QED) is 0.775. The molecule has 1 aromatic carbocycles. The zero-order chi connectivity index (χ0) is 14.3. The molecule has 1 amide bonds. The largest absolute Gasteiger partial charge is 0.480 e. The van der Waals surface area contributed by atoms with Gasteiger partial charge in [-0.05, 0) is 25.0 Å². The normalized spacial score (nSPS) is 11.9. The molecule has 1 atom stereocenters. The van der Waals surface area contributed by atoms with Crippen LogP contribution in [0.15, 0.2) is 24.3 Å². The molecule has 0 aliphatic rings. The first kappa shape index (κ1) is 15.2. The van der Waals surface area contributed by atoms with Crippen LogP contribution >= 0.6 is 0 Å². The van der Waals surface area contributed by atoms with Gasteiger partial charge in [-0.25, -0.2) is 4.79 Å². The van der Waals surface area contributed by atoms with E-state index in [2.05, 4.69) is 5.32 Å². The minimum atomic E-state index is -1.05. The van der Waals surface area contributed by atoms with Gasteiger partial charge in [0.15, 0.2) is 0 Å². The summed E-state index contributed by atoms with van der Waals surface area (Å²) in [4.78, 5) is 22.7. The molecule has 2 N–H and O–H groups in total. The summed E-state index contributed by atoms with van der Waals surface area (Å²) in [7, 11) is 0. The molecule has 0 bridgehead atoms. The van der Waals surface area contributed by atoms with Gasteiger partial charge in [0.25, 0.3) is 0 Å². The molecule has 5 nitrogen and oxygen atoms in total. The highest BCUT2D eigenvalue weighted by molar-refractivity contribution is 5.84. The van der Waals surface area contributed by atoms with Crippen LogP contribution in [0.2, 0.25) is 0 Å². The molecule has 0 heterocycles. The van der Waals surface area contributed by atoms with E-state index in [0.717, 1.165) is 11.1 Å². The number of hydrogen-bond donors (Lipinski definition) is 2. The Bertz CT molecular complexity index is 445. The number of carboxylic acids is 1. The maximum Gasteiger partial charge on any atom is 0.326 e. The van der Waals surface area contributed by atoms with E-state index in [0.29, 0.717) is 6.61 Å². The summed E-state index contributed by atoms with van der Waals surface area (Å²) in [6, 6.07) is 6.58. The summed E-state index contributed by atoms with van der Waals surface area (Å²) in [6.07, 6.45) is 0.264. The summed E-state index contributed by atoms with van der Waals surface area (Å²) < 4.78 is 4.94. The first-order valence-electron chi connectivity index (χ1n) is 6.19. The van der Waals surface area contributed by atoms with Crippen molar-refractivity contribution in [1.29, 1.82) is 0 Å². The third kappa shape index (κ3) is 5.09. The molecule has 0 radical (unpaired) electrons. The van der Waals surface area contributed by atoms with Crippen LogP contribution in [-0.4, -0.2) is 36.2 Å². The lowest BCUT2D eigenvalue weighted by Crippen LogP contribution is -2.44. The summed E-state index contributed by atoms with van der Waals surface area (Å²) in [5, 5.41) is 11.6. The highest BCUT2D eigenvalue weighted by Gasteiger charge is 2.20. The van der Waals surface area contributed by atoms with Crippen molar-refractivity contribution in [1.82, 2.24) is 5.32 Å². The van der Waals surface area contributed by atoms with E-state index in [1.54, 1.807) is 6.92 Å². The number of nitrogens with one attached hydrogen (secondary N) is 1. The van der Waals surface area contributed by atoms with Crippen molar-refractivity contribution in [3.05, 3.63) is 35.4 Å². The highest BCUT2D eigenvalue weighted by Crippen LogP contribution is 2.10. The van der Waals surface area contributed by atoms with E-state index in [4.69, 9.17) is 9.84 Å². The number of benzene rings is 1. The molecule has 0 spiro atoms. The van der Waals surface area contributed by atoms with Gasteiger partial charge >= 0.3 is 5.97 Å². The lowest BCUT2D eigenvalue weighted by molar-refractivity contribution is -0.142. The number of carboxylic acid groups (broad SMARTS) is 1. The summed E-state index contributed by atoms with van der Waals surface area (Å²) in [6.45, 7) is 3.99. The third-order valence-corrected chi connectivity index (χ3v) is 2.76. The third-order valence-electron chi connectivity index (χ3n) is 2.76. The summed E-state index contributed by atoms with van der Waals surface area (Å²) in [5.74, 6) is -1.46. The number of aliphatic carboxylic acids is 1. The molecular formula is C14H19NO4. The molecular weight excluding hydrogens is 246 g/mol. The van der Waals surface area contributed by atoms with Gasteiger partial charge in [0.1, 0.15) is 12.6 Å². The van der Waals surface area contributed by atoms with Crippen molar-refractivity contribution < 1.29 is 19.4 Å². The Kier molecular flexibility index (Phi) is 6.02. The molecule has 5 heteroatoms. The fraction of sp³-hybridized carbons (Fsp3) is 0.429. The van der Waals surface area contributed by atoms with Crippen molar-refractivity contribution in [3.63, 3.8) is 0 Å². The molecule has 0 fully saturated rings. The second-order valence-electron chi connectivity index (χ2n) is 4.23. The molecule has 1 rings (SSSR count). The van der Waals surface area contributed by atoms with Crippen molar-refractivity contribution in [2.24, 2.45) is 0 Å². The van der Waals surface area contributed by atoms with Crippen molar-refractivity contribution >= 4 is 11.9 Å². The second-order valence-corrected chi connectivity index (χ2v) is 4.23. The average molecular weight is 265 g/mol. The van der Waals surface area contributed by atoms with Crippen LogP contribution in [0.4, 0.5) is 0 Å². The van der Waals surface area contributed by atoms with Crippen LogP contribution in [-0.2, 0) is 20.7 Å². The SMILES string of the molecule is CCOCC(=O)N[C@@H](Cc1ccccc1C)C(=O)O. The zero-order valence-electron chi connectivity index (χ0n) is 11.2. The number of amides is 1. The van der Waals surface area contributed by atoms with Crippen LogP contribution in [0.1, 0.15) is 18.1 Å². The minimum absolute atomic E-state index is 0.117. The summed E-state index contributed by atoms with van der Waals surface area (Å²) in [5.41, 5.74) is 1.92. The van der Waals surface area contributed by atoms with E-state index in [1.807, 2.05) is 31.2 Å². The monoisotopic (exact) mass is 265 g/mol. The predicted octanol–water partition coefficient (Wildman–Crippen LogP) is 1.14. The molecule has 104 valence electrons. The Balaban J connectivity index is 2.66. The number of carbonyl (C=O) groups excluding carboxylic acids is 1. The van der Waals surface area contributed by atoms with Gasteiger partial charge in [-0.15, -0.1) is 0 Å². The maximum absolute atomic E-state index is 11.5. The molecule has 1 aromatic rings. The van der Waals surface area contributed by atoms with Gasteiger partial charge in [-0.2, -0.15) is 0 Å². The molecule has 0 saturated heterocycles. The van der Waals surface area contributed by atoms with Crippen LogP contribution in [0.5, 0.6) is 0 Å². The van der Waals surface area contributed by atoms with Crippen LogP contribution < -0.4 is 5.32 Å². The van der Waals surface area contributed by atoms with Gasteiger partial charge in [0, 0.05) is 13.0 Å². The van der Waals surface area contributed by atoms with Gasteiger partial charge in [-0.1, -0.05) is 24.3 Å². The topological polar surface area (TPSA) is 75.6 Å². The minimum Gasteiger partial charge on any atom is -0.480 e. The average Bonchev–Trinajstić information content (AvgIpc) is 2.38. The number of ether oxygens (including phenoxy) is 1. The van der Waals surface area contributed by atoms with E-state index >= 15 is 0 Å². The van der Waals surface area contributed by atoms with E-state index in [9.17, 15) is 9.59 Å². The van der Waals surface area contributed by atoms with Crippen molar-refractivity contribution in [3.8, 4) is 0 Å². The first-order valence-corrected chi connectivity index (χ1v) is 6.19. The predicted molar refractivity (Wildman–Crippen MR) is 70.9 cm³/mol. The summed E-state index contributed by atoms with van der Waals surface area (Å²) >= 11 is 0. The zero-order valence-corrected chi connectivity index (χ0v) is 11.2. The molecule has 0 saturated carbocycles. The highest BCUT2D eigenvalue weighted by atomic mass is 16.5. The fourth-order valence-electron chi connectivity index (χ4n) is 1.69. The lowest BCUT2D eigenvalue weighted by Gasteiger charge is -2.15. The first-order chi connectivity index (χ1) is 9.04. The fourth-order valence-corrected chi connectivity index (χ4v) is 1.69. The molecule has 0 aromatic heterocycles. The van der Waals surface area contributed by atoms with Crippen LogP contribution in [0.3, 0.4) is 0 Å². The maximum atomic E-state index is 11.5.